The molecule has 1 aliphatic rings. The number of aryl methyl sites for hydroxylation is 1. The summed E-state index contributed by atoms with van der Waals surface area (Å²) in [5.74, 6) is 1.25. The lowest BCUT2D eigenvalue weighted by Gasteiger charge is -2.26. The molecule has 0 aliphatic carbocycles. The van der Waals surface area contributed by atoms with Gasteiger partial charge >= 0.3 is 0 Å². The fourth-order valence-electron chi connectivity index (χ4n) is 1.86. The van der Waals surface area contributed by atoms with Gasteiger partial charge in [0.05, 0.1) is 12.8 Å². The number of carbonyl (C=O) groups excluding carboxylic acids is 1. The number of ether oxygens (including phenoxy) is 1. The number of nitrogens with one attached hydrogen (secondary N) is 2. The summed E-state index contributed by atoms with van der Waals surface area (Å²) >= 11 is 0. The zero-order valence-corrected chi connectivity index (χ0v) is 10.2. The van der Waals surface area contributed by atoms with E-state index in [2.05, 4.69) is 10.6 Å². The summed E-state index contributed by atoms with van der Waals surface area (Å²) in [4.78, 5) is 11.8. The zero-order valence-electron chi connectivity index (χ0n) is 10.2. The molecule has 1 heterocycles. The minimum Gasteiger partial charge on any atom is -0.495 e. The Morgan fingerprint density at radius 3 is 2.88 bits per heavy atom. The van der Waals surface area contributed by atoms with Gasteiger partial charge in [-0.05, 0) is 43.6 Å². The average Bonchev–Trinajstić information content (AvgIpc) is 2.26. The summed E-state index contributed by atoms with van der Waals surface area (Å²) < 4.78 is 5.25. The number of hydrogen-bond donors (Lipinski definition) is 2. The van der Waals surface area contributed by atoms with Crippen LogP contribution in [0.15, 0.2) is 18.2 Å². The van der Waals surface area contributed by atoms with E-state index in [-0.39, 0.29) is 5.91 Å². The van der Waals surface area contributed by atoms with Crippen LogP contribution < -0.4 is 15.4 Å². The van der Waals surface area contributed by atoms with E-state index in [9.17, 15) is 4.79 Å². The quantitative estimate of drug-likeness (QED) is 0.831. The summed E-state index contributed by atoms with van der Waals surface area (Å²) in [5, 5.41) is 6.05. The molecule has 0 aromatic heterocycles. The van der Waals surface area contributed by atoms with E-state index in [0.717, 1.165) is 24.3 Å². The van der Waals surface area contributed by atoms with Crippen molar-refractivity contribution in [3.8, 4) is 5.75 Å². The predicted octanol–water partition coefficient (Wildman–Crippen LogP) is 1.55. The summed E-state index contributed by atoms with van der Waals surface area (Å²) in [6.45, 7) is 3.88. The molecule has 0 atom stereocenters. The molecule has 1 saturated heterocycles. The average molecular weight is 234 g/mol. The second-order valence-electron chi connectivity index (χ2n) is 4.48. The largest absolute Gasteiger partial charge is 0.495 e. The third-order valence-corrected chi connectivity index (χ3v) is 2.97. The van der Waals surface area contributed by atoms with E-state index in [1.165, 1.54) is 0 Å². The molecule has 4 heteroatoms. The molecule has 92 valence electrons. The molecule has 1 aromatic carbocycles. The van der Waals surface area contributed by atoms with Crippen LogP contribution in [0, 0.1) is 12.8 Å². The van der Waals surface area contributed by atoms with Crippen LogP contribution in [0.1, 0.15) is 12.0 Å². The predicted molar refractivity (Wildman–Crippen MR) is 67.3 cm³/mol. The Labute approximate surface area is 101 Å². The lowest BCUT2D eigenvalue weighted by atomic mass is 9.99. The number of carbonyl (C=O) groups is 1. The van der Waals surface area contributed by atoms with E-state index in [1.54, 1.807) is 7.11 Å². The van der Waals surface area contributed by atoms with Crippen molar-refractivity contribution in [2.24, 2.45) is 5.92 Å². The lowest BCUT2D eigenvalue weighted by molar-refractivity contribution is -0.117. The third kappa shape index (κ3) is 2.97. The van der Waals surface area contributed by atoms with Crippen molar-refractivity contribution < 1.29 is 9.53 Å². The van der Waals surface area contributed by atoms with E-state index in [4.69, 9.17) is 4.74 Å². The molecule has 0 saturated carbocycles. The van der Waals surface area contributed by atoms with Crippen molar-refractivity contribution in [3.63, 3.8) is 0 Å². The zero-order chi connectivity index (χ0) is 12.3. The second-order valence-corrected chi connectivity index (χ2v) is 4.48. The Bertz CT molecular complexity index is 414. The molecule has 2 N–H and O–H groups in total. The molecular weight excluding hydrogens is 216 g/mol. The van der Waals surface area contributed by atoms with Crippen LogP contribution in [0.2, 0.25) is 0 Å². The maximum absolute atomic E-state index is 11.8. The van der Waals surface area contributed by atoms with Crippen molar-refractivity contribution in [3.05, 3.63) is 23.8 Å². The first-order valence-electron chi connectivity index (χ1n) is 5.84. The monoisotopic (exact) mass is 234 g/mol. The van der Waals surface area contributed by atoms with E-state index in [0.29, 0.717) is 18.1 Å². The van der Waals surface area contributed by atoms with Gasteiger partial charge in [-0.25, -0.2) is 0 Å². The highest BCUT2D eigenvalue weighted by molar-refractivity contribution is 5.92. The Kier molecular flexibility index (Phi) is 3.64. The second kappa shape index (κ2) is 5.19. The first-order valence-corrected chi connectivity index (χ1v) is 5.84. The summed E-state index contributed by atoms with van der Waals surface area (Å²) in [5.41, 5.74) is 1.86. The molecule has 1 aliphatic heterocycles. The normalized spacial score (nSPS) is 15.2. The molecule has 0 unspecified atom stereocenters. The van der Waals surface area contributed by atoms with Gasteiger partial charge in [0.25, 0.3) is 0 Å². The molecule has 0 bridgehead atoms. The van der Waals surface area contributed by atoms with Crippen molar-refractivity contribution >= 4 is 11.6 Å². The van der Waals surface area contributed by atoms with Crippen LogP contribution in [0.4, 0.5) is 5.69 Å². The minimum atomic E-state index is 0.0543. The maximum Gasteiger partial charge on any atom is 0.224 e. The number of benzene rings is 1. The number of anilines is 1. The fraction of sp³-hybridized carbons (Fsp3) is 0.462. The van der Waals surface area contributed by atoms with Gasteiger partial charge in [-0.2, -0.15) is 0 Å². The molecule has 0 radical (unpaired) electrons. The fourth-order valence-corrected chi connectivity index (χ4v) is 1.86. The van der Waals surface area contributed by atoms with Gasteiger partial charge in [0.15, 0.2) is 0 Å². The van der Waals surface area contributed by atoms with Gasteiger partial charge in [0, 0.05) is 6.42 Å². The number of rotatable bonds is 4. The highest BCUT2D eigenvalue weighted by atomic mass is 16.5. The van der Waals surface area contributed by atoms with Crippen LogP contribution in [0.25, 0.3) is 0 Å². The van der Waals surface area contributed by atoms with Crippen molar-refractivity contribution in [2.45, 2.75) is 13.3 Å². The first-order chi connectivity index (χ1) is 8.19. The molecule has 0 spiro atoms. The Balaban J connectivity index is 1.99. The van der Waals surface area contributed by atoms with Gasteiger partial charge in [-0.15, -0.1) is 0 Å². The Morgan fingerprint density at radius 1 is 1.53 bits per heavy atom. The highest BCUT2D eigenvalue weighted by Gasteiger charge is 2.20. The molecule has 1 aromatic rings. The SMILES string of the molecule is COc1cc(C)ccc1NC(=O)CC1CNC1. The number of amides is 1. The summed E-state index contributed by atoms with van der Waals surface area (Å²) in [6, 6.07) is 5.76. The summed E-state index contributed by atoms with van der Waals surface area (Å²) in [6.07, 6.45) is 0.573. The standard InChI is InChI=1S/C13H18N2O2/c1-9-3-4-11(12(5-9)17-2)15-13(16)6-10-7-14-8-10/h3-5,10,14H,6-8H2,1-2H3,(H,15,16). The highest BCUT2D eigenvalue weighted by Crippen LogP contribution is 2.25. The maximum atomic E-state index is 11.8. The first kappa shape index (κ1) is 11.9. The van der Waals surface area contributed by atoms with Gasteiger partial charge in [0.1, 0.15) is 5.75 Å². The molecule has 4 nitrogen and oxygen atoms in total. The van der Waals surface area contributed by atoms with E-state index >= 15 is 0 Å². The van der Waals surface area contributed by atoms with Gasteiger partial charge in [-0.1, -0.05) is 6.07 Å². The van der Waals surface area contributed by atoms with Crippen LogP contribution >= 0.6 is 0 Å². The van der Waals surface area contributed by atoms with Crippen molar-refractivity contribution in [2.75, 3.05) is 25.5 Å². The minimum absolute atomic E-state index is 0.0543. The molecule has 17 heavy (non-hydrogen) atoms. The molecular formula is C13H18N2O2. The summed E-state index contributed by atoms with van der Waals surface area (Å²) in [7, 11) is 1.61. The Morgan fingerprint density at radius 2 is 2.29 bits per heavy atom. The van der Waals surface area contributed by atoms with Crippen LogP contribution in [0.3, 0.4) is 0 Å². The Hall–Kier alpha value is -1.55. The molecule has 1 fully saturated rings. The third-order valence-electron chi connectivity index (χ3n) is 2.97. The van der Waals surface area contributed by atoms with Crippen molar-refractivity contribution in [1.82, 2.24) is 5.32 Å². The van der Waals surface area contributed by atoms with Crippen LogP contribution in [0.5, 0.6) is 5.75 Å². The lowest BCUT2D eigenvalue weighted by Crippen LogP contribution is -2.43. The van der Waals surface area contributed by atoms with Gasteiger partial charge in [0.2, 0.25) is 5.91 Å². The van der Waals surface area contributed by atoms with E-state index in [1.807, 2.05) is 25.1 Å². The van der Waals surface area contributed by atoms with Gasteiger partial charge < -0.3 is 15.4 Å². The number of hydrogen-bond acceptors (Lipinski definition) is 3. The van der Waals surface area contributed by atoms with Gasteiger partial charge in [-0.3, -0.25) is 4.79 Å². The smallest absolute Gasteiger partial charge is 0.224 e. The van der Waals surface area contributed by atoms with Crippen LogP contribution in [-0.4, -0.2) is 26.1 Å². The van der Waals surface area contributed by atoms with E-state index < -0.39 is 0 Å². The molecule has 2 rings (SSSR count). The number of methoxy groups -OCH3 is 1. The topological polar surface area (TPSA) is 50.4 Å². The molecule has 1 amide bonds. The van der Waals surface area contributed by atoms with Crippen molar-refractivity contribution in [1.29, 1.82) is 0 Å². The van der Waals surface area contributed by atoms with Crippen LogP contribution in [-0.2, 0) is 4.79 Å².